The number of ether oxygens (including phenoxy) is 2. The Labute approximate surface area is 176 Å². The van der Waals surface area contributed by atoms with Crippen molar-refractivity contribution in [3.8, 4) is 11.5 Å². The monoisotopic (exact) mass is 437 g/mol. The van der Waals surface area contributed by atoms with E-state index >= 15 is 0 Å². The average Bonchev–Trinajstić information content (AvgIpc) is 3.16. The highest BCUT2D eigenvalue weighted by molar-refractivity contribution is 7.87. The fraction of sp³-hybridized carbons (Fsp3) is 0.474. The van der Waals surface area contributed by atoms with Gasteiger partial charge in [-0.2, -0.15) is 22.5 Å². The van der Waals surface area contributed by atoms with Gasteiger partial charge in [0.2, 0.25) is 5.91 Å². The third-order valence-corrected chi connectivity index (χ3v) is 6.63. The highest BCUT2D eigenvalue weighted by Gasteiger charge is 2.40. The summed E-state index contributed by atoms with van der Waals surface area (Å²) in [5.74, 6) is 0.608. The second-order valence-electron chi connectivity index (χ2n) is 7.04. The first-order valence-electron chi connectivity index (χ1n) is 9.59. The Morgan fingerprint density at radius 2 is 2.03 bits per heavy atom. The molecule has 1 amide bonds. The van der Waals surface area contributed by atoms with E-state index in [1.165, 1.54) is 21.3 Å². The van der Waals surface area contributed by atoms with Crippen LogP contribution in [0.4, 0.5) is 5.69 Å². The third kappa shape index (κ3) is 4.58. The van der Waals surface area contributed by atoms with Gasteiger partial charge in [0.05, 0.1) is 32.1 Å². The SMILES string of the molecule is CCCn1cc(NC(=O)C2CC(c3ccc(OC)c(OC)c3)NS(=O)(=O)N2C)cn1. The number of aryl methyl sites for hydroxylation is 1. The van der Waals surface area contributed by atoms with Crippen molar-refractivity contribution in [1.82, 2.24) is 18.8 Å². The summed E-state index contributed by atoms with van der Waals surface area (Å²) in [5.41, 5.74) is 1.21. The van der Waals surface area contributed by atoms with Gasteiger partial charge in [0.1, 0.15) is 6.04 Å². The molecule has 1 saturated heterocycles. The Hall–Kier alpha value is -2.63. The lowest BCUT2D eigenvalue weighted by Gasteiger charge is -2.36. The minimum atomic E-state index is -3.85. The number of nitrogens with one attached hydrogen (secondary N) is 2. The first kappa shape index (κ1) is 22.1. The lowest BCUT2D eigenvalue weighted by atomic mass is 9.99. The molecule has 10 nitrogen and oxygen atoms in total. The molecule has 3 rings (SSSR count). The maximum absolute atomic E-state index is 12.9. The van der Waals surface area contributed by atoms with Gasteiger partial charge in [0.25, 0.3) is 10.2 Å². The quantitative estimate of drug-likeness (QED) is 0.679. The second-order valence-corrected chi connectivity index (χ2v) is 8.80. The van der Waals surface area contributed by atoms with Gasteiger partial charge < -0.3 is 14.8 Å². The largest absolute Gasteiger partial charge is 0.493 e. The van der Waals surface area contributed by atoms with Crippen molar-refractivity contribution in [3.63, 3.8) is 0 Å². The summed E-state index contributed by atoms with van der Waals surface area (Å²) >= 11 is 0. The maximum atomic E-state index is 12.9. The normalized spacial score (nSPS) is 21.2. The molecular weight excluding hydrogens is 410 g/mol. The molecule has 0 aliphatic carbocycles. The number of carbonyl (C=O) groups is 1. The summed E-state index contributed by atoms with van der Waals surface area (Å²) in [6, 6.07) is 3.69. The molecule has 1 aliphatic rings. The van der Waals surface area contributed by atoms with Crippen molar-refractivity contribution in [2.75, 3.05) is 26.6 Å². The Bertz CT molecular complexity index is 1010. The molecule has 30 heavy (non-hydrogen) atoms. The minimum Gasteiger partial charge on any atom is -0.493 e. The van der Waals surface area contributed by atoms with E-state index in [1.54, 1.807) is 35.3 Å². The molecule has 0 saturated carbocycles. The van der Waals surface area contributed by atoms with E-state index in [1.807, 2.05) is 6.92 Å². The highest BCUT2D eigenvalue weighted by atomic mass is 32.2. The van der Waals surface area contributed by atoms with Gasteiger partial charge in [-0.3, -0.25) is 9.48 Å². The molecule has 11 heteroatoms. The zero-order valence-corrected chi connectivity index (χ0v) is 18.3. The number of likely N-dealkylation sites (N-methyl/N-ethyl adjacent to an activating group) is 1. The van der Waals surface area contributed by atoms with Gasteiger partial charge in [-0.05, 0) is 30.5 Å². The lowest BCUT2D eigenvalue weighted by molar-refractivity contribution is -0.120. The summed E-state index contributed by atoms with van der Waals surface area (Å²) in [4.78, 5) is 12.9. The van der Waals surface area contributed by atoms with E-state index in [0.717, 1.165) is 17.3 Å². The molecule has 2 N–H and O–H groups in total. The van der Waals surface area contributed by atoms with Gasteiger partial charge in [-0.25, -0.2) is 0 Å². The van der Waals surface area contributed by atoms with Crippen molar-refractivity contribution in [1.29, 1.82) is 0 Å². The molecule has 2 heterocycles. The van der Waals surface area contributed by atoms with Gasteiger partial charge in [-0.15, -0.1) is 0 Å². The fourth-order valence-electron chi connectivity index (χ4n) is 3.40. The van der Waals surface area contributed by atoms with Crippen LogP contribution >= 0.6 is 0 Å². The molecular formula is C19H27N5O5S. The molecule has 1 aromatic carbocycles. The van der Waals surface area contributed by atoms with Gasteiger partial charge in [0, 0.05) is 19.8 Å². The average molecular weight is 438 g/mol. The molecule has 0 bridgehead atoms. The number of carbonyl (C=O) groups excluding carboxylic acids is 1. The van der Waals surface area contributed by atoms with Crippen molar-refractivity contribution in [3.05, 3.63) is 36.2 Å². The van der Waals surface area contributed by atoms with E-state index in [-0.39, 0.29) is 6.42 Å². The number of amides is 1. The number of rotatable bonds is 7. The number of hydrogen-bond donors (Lipinski definition) is 2. The number of methoxy groups -OCH3 is 2. The van der Waals surface area contributed by atoms with E-state index in [0.29, 0.717) is 22.7 Å². The zero-order valence-electron chi connectivity index (χ0n) is 17.5. The van der Waals surface area contributed by atoms with Crippen molar-refractivity contribution < 1.29 is 22.7 Å². The molecule has 1 fully saturated rings. The van der Waals surface area contributed by atoms with E-state index in [4.69, 9.17) is 9.47 Å². The molecule has 1 aromatic heterocycles. The van der Waals surface area contributed by atoms with Crippen LogP contribution < -0.4 is 19.5 Å². The first-order valence-corrected chi connectivity index (χ1v) is 11.0. The number of anilines is 1. The van der Waals surface area contributed by atoms with Gasteiger partial charge in [-0.1, -0.05) is 13.0 Å². The van der Waals surface area contributed by atoms with Crippen LogP contribution in [-0.4, -0.2) is 55.7 Å². The number of hydrogen-bond acceptors (Lipinski definition) is 6. The van der Waals surface area contributed by atoms with Gasteiger partial charge in [0.15, 0.2) is 11.5 Å². The molecule has 2 unspecified atom stereocenters. The number of aromatic nitrogens is 2. The van der Waals surface area contributed by atoms with Crippen LogP contribution in [0.25, 0.3) is 0 Å². The van der Waals surface area contributed by atoms with Crippen LogP contribution in [0.1, 0.15) is 31.4 Å². The summed E-state index contributed by atoms with van der Waals surface area (Å²) in [6.45, 7) is 2.77. The van der Waals surface area contributed by atoms with E-state index < -0.39 is 28.2 Å². The summed E-state index contributed by atoms with van der Waals surface area (Å²) in [7, 11) is 0.568. The molecule has 2 aromatic rings. The topological polar surface area (TPSA) is 115 Å². The lowest BCUT2D eigenvalue weighted by Crippen LogP contribution is -2.55. The van der Waals surface area contributed by atoms with Crippen LogP contribution in [0, 0.1) is 0 Å². The molecule has 164 valence electrons. The third-order valence-electron chi connectivity index (χ3n) is 5.03. The Kier molecular flexibility index (Phi) is 6.64. The van der Waals surface area contributed by atoms with Crippen LogP contribution in [0.5, 0.6) is 11.5 Å². The predicted molar refractivity (Wildman–Crippen MR) is 112 cm³/mol. The minimum absolute atomic E-state index is 0.250. The van der Waals surface area contributed by atoms with E-state index in [9.17, 15) is 13.2 Å². The standard InChI is InChI=1S/C19H27N5O5S/c1-5-8-24-12-14(11-20-24)21-19(25)16-10-15(22-30(26,27)23(16)2)13-6-7-17(28-3)18(9-13)29-4/h6-7,9,11-12,15-16,22H,5,8,10H2,1-4H3,(H,21,25). The second kappa shape index (κ2) is 9.02. The van der Waals surface area contributed by atoms with Crippen LogP contribution in [0.3, 0.4) is 0 Å². The van der Waals surface area contributed by atoms with Crippen molar-refractivity contribution in [2.24, 2.45) is 0 Å². The maximum Gasteiger partial charge on any atom is 0.280 e. The number of nitrogens with zero attached hydrogens (tertiary/aromatic N) is 3. The van der Waals surface area contributed by atoms with Crippen LogP contribution in [0.15, 0.2) is 30.6 Å². The summed E-state index contributed by atoms with van der Waals surface area (Å²) < 4.78 is 41.3. The molecule has 0 radical (unpaired) electrons. The Balaban J connectivity index is 1.83. The Morgan fingerprint density at radius 3 is 2.70 bits per heavy atom. The van der Waals surface area contributed by atoms with E-state index in [2.05, 4.69) is 15.1 Å². The smallest absolute Gasteiger partial charge is 0.280 e. The van der Waals surface area contributed by atoms with Crippen molar-refractivity contribution >= 4 is 21.8 Å². The highest BCUT2D eigenvalue weighted by Crippen LogP contribution is 2.34. The van der Waals surface area contributed by atoms with Crippen LogP contribution in [-0.2, 0) is 21.5 Å². The summed E-state index contributed by atoms with van der Waals surface area (Å²) in [5, 5.41) is 6.95. The summed E-state index contributed by atoms with van der Waals surface area (Å²) in [6.07, 6.45) is 4.44. The van der Waals surface area contributed by atoms with Crippen LogP contribution in [0.2, 0.25) is 0 Å². The Morgan fingerprint density at radius 1 is 1.30 bits per heavy atom. The molecule has 1 aliphatic heterocycles. The van der Waals surface area contributed by atoms with Gasteiger partial charge >= 0.3 is 0 Å². The first-order chi connectivity index (χ1) is 14.3. The van der Waals surface area contributed by atoms with Crippen molar-refractivity contribution in [2.45, 2.75) is 38.4 Å². The number of benzene rings is 1. The molecule has 2 atom stereocenters. The zero-order chi connectivity index (χ0) is 21.9. The molecule has 0 spiro atoms. The fourth-order valence-corrected chi connectivity index (χ4v) is 4.68. The predicted octanol–water partition coefficient (Wildman–Crippen LogP) is 1.53.